The standard InChI is InChI=1S/C33H39N3O8/c1-19(42-26(37)12-15-35-30(38)22(34)17-20-7-5-4-6-8-20)31(39)43-24-11-13-33(40)25-18-21-9-10-23(41-3)28-27(21)32(33,29(24)44-28)14-16-36(25)2/h4-11,19,22,25,29,40H,12-18,34H2,1-3H3,(H,35,38)/t19-,22-,25-,29+,32+,33-/m0/s1. The third-order valence-corrected chi connectivity index (χ3v) is 9.68. The largest absolute Gasteiger partial charge is 0.493 e. The summed E-state index contributed by atoms with van der Waals surface area (Å²) in [5.41, 5.74) is 7.01. The topological polar surface area (TPSA) is 150 Å². The number of hydrogen-bond donors (Lipinski definition) is 3. The Hall–Kier alpha value is -3.93. The highest BCUT2D eigenvalue weighted by Gasteiger charge is 2.72. The van der Waals surface area contributed by atoms with Crippen molar-refractivity contribution in [2.75, 3.05) is 27.2 Å². The van der Waals surface area contributed by atoms with E-state index in [9.17, 15) is 19.5 Å². The number of likely N-dealkylation sites (tertiary alicyclic amines) is 1. The number of nitrogens with one attached hydrogen (secondary N) is 1. The van der Waals surface area contributed by atoms with Crippen molar-refractivity contribution < 1.29 is 38.4 Å². The maximum absolute atomic E-state index is 13.2. The van der Waals surface area contributed by atoms with Gasteiger partial charge in [-0.1, -0.05) is 36.4 Å². The van der Waals surface area contributed by atoms with E-state index < -0.39 is 41.2 Å². The first-order valence-corrected chi connectivity index (χ1v) is 15.1. The van der Waals surface area contributed by atoms with Crippen molar-refractivity contribution in [3.63, 3.8) is 0 Å². The number of rotatable bonds is 10. The monoisotopic (exact) mass is 605 g/mol. The highest BCUT2D eigenvalue weighted by atomic mass is 16.6. The van der Waals surface area contributed by atoms with Gasteiger partial charge in [0.25, 0.3) is 0 Å². The van der Waals surface area contributed by atoms with Crippen molar-refractivity contribution in [1.29, 1.82) is 0 Å². The van der Waals surface area contributed by atoms with E-state index in [2.05, 4.69) is 10.2 Å². The minimum absolute atomic E-state index is 0.0160. The summed E-state index contributed by atoms with van der Waals surface area (Å²) in [6.07, 6.45) is 1.56. The number of benzene rings is 2. The van der Waals surface area contributed by atoms with E-state index in [1.54, 1.807) is 13.2 Å². The van der Waals surface area contributed by atoms with Gasteiger partial charge in [-0.05, 0) is 63.0 Å². The maximum atomic E-state index is 13.2. The summed E-state index contributed by atoms with van der Waals surface area (Å²) in [7, 11) is 3.60. The predicted molar refractivity (Wildman–Crippen MR) is 159 cm³/mol. The molecule has 2 aliphatic heterocycles. The quantitative estimate of drug-likeness (QED) is 0.340. The number of piperidine rings is 1. The van der Waals surface area contributed by atoms with E-state index >= 15 is 0 Å². The van der Waals surface area contributed by atoms with Gasteiger partial charge < -0.3 is 40.0 Å². The molecule has 1 spiro atoms. The molecule has 4 N–H and O–H groups in total. The zero-order valence-electron chi connectivity index (χ0n) is 25.2. The van der Waals surface area contributed by atoms with Gasteiger partial charge in [0.15, 0.2) is 23.7 Å². The molecule has 1 saturated heterocycles. The summed E-state index contributed by atoms with van der Waals surface area (Å²) >= 11 is 0. The fourth-order valence-electron chi connectivity index (χ4n) is 7.47. The number of nitrogens with zero attached hydrogens (tertiary/aromatic N) is 1. The van der Waals surface area contributed by atoms with Crippen molar-refractivity contribution in [2.24, 2.45) is 5.73 Å². The Kier molecular flexibility index (Phi) is 7.89. The summed E-state index contributed by atoms with van der Waals surface area (Å²) in [5, 5.41) is 14.9. The van der Waals surface area contributed by atoms with E-state index in [0.29, 0.717) is 30.8 Å². The van der Waals surface area contributed by atoms with Gasteiger partial charge in [0.2, 0.25) is 5.91 Å². The van der Waals surface area contributed by atoms with Gasteiger partial charge in [-0.3, -0.25) is 9.59 Å². The van der Waals surface area contributed by atoms with Gasteiger partial charge in [0, 0.05) is 24.6 Å². The SMILES string of the molecule is COc1ccc2c3c1O[C@@H]1C(OC(=O)[C@H](C)OC(=O)CCNC(=O)[C@@H](N)Cc4ccccc4)=CC[C@]4(O)[C@H](C2)N(C)CC[C@@]314. The molecule has 4 aliphatic rings. The van der Waals surface area contributed by atoms with Crippen LogP contribution in [0.4, 0.5) is 0 Å². The van der Waals surface area contributed by atoms with Gasteiger partial charge in [0.1, 0.15) is 5.76 Å². The number of methoxy groups -OCH3 is 1. The molecule has 0 unspecified atom stereocenters. The van der Waals surface area contributed by atoms with Crippen molar-refractivity contribution in [1.82, 2.24) is 10.2 Å². The number of esters is 2. The first kappa shape index (κ1) is 30.1. The molecule has 2 aromatic rings. The average molecular weight is 606 g/mol. The average Bonchev–Trinajstić information content (AvgIpc) is 3.36. The summed E-state index contributed by atoms with van der Waals surface area (Å²) in [6, 6.07) is 12.4. The fraction of sp³-hybridized carbons (Fsp3) is 0.485. The highest BCUT2D eigenvalue weighted by molar-refractivity contribution is 5.83. The van der Waals surface area contributed by atoms with Crippen LogP contribution in [0.5, 0.6) is 11.5 Å². The molecule has 2 aromatic carbocycles. The van der Waals surface area contributed by atoms with Crippen molar-refractivity contribution >= 4 is 17.8 Å². The Bertz CT molecular complexity index is 1500. The minimum atomic E-state index is -1.21. The molecule has 2 heterocycles. The van der Waals surface area contributed by atoms with Crippen molar-refractivity contribution in [2.45, 2.75) is 74.3 Å². The molecule has 11 heteroatoms. The van der Waals surface area contributed by atoms with Crippen LogP contribution in [0.1, 0.15) is 42.9 Å². The van der Waals surface area contributed by atoms with Gasteiger partial charge in [-0.15, -0.1) is 0 Å². The zero-order valence-corrected chi connectivity index (χ0v) is 25.2. The highest BCUT2D eigenvalue weighted by Crippen LogP contribution is 2.65. The number of amides is 1. The summed E-state index contributed by atoms with van der Waals surface area (Å²) < 4.78 is 23.3. The van der Waals surface area contributed by atoms with Crippen LogP contribution in [0, 0.1) is 0 Å². The lowest BCUT2D eigenvalue weighted by Crippen LogP contribution is -2.74. The Labute approximate surface area is 256 Å². The minimum Gasteiger partial charge on any atom is -0.493 e. The lowest BCUT2D eigenvalue weighted by Gasteiger charge is -2.61. The van der Waals surface area contributed by atoms with Crippen molar-refractivity contribution in [3.8, 4) is 11.5 Å². The number of aliphatic hydroxyl groups is 1. The first-order valence-electron chi connectivity index (χ1n) is 15.1. The number of carbonyl (C=O) groups is 3. The van der Waals surface area contributed by atoms with Crippen LogP contribution in [0.25, 0.3) is 0 Å². The van der Waals surface area contributed by atoms with Crippen LogP contribution < -0.4 is 20.5 Å². The van der Waals surface area contributed by atoms with Crippen LogP contribution >= 0.6 is 0 Å². The summed E-state index contributed by atoms with van der Waals surface area (Å²) in [5.74, 6) is -0.377. The van der Waals surface area contributed by atoms with Crippen molar-refractivity contribution in [3.05, 3.63) is 71.0 Å². The van der Waals surface area contributed by atoms with Gasteiger partial charge in [-0.2, -0.15) is 0 Å². The lowest BCUT2D eigenvalue weighted by molar-refractivity contribution is -0.175. The Morgan fingerprint density at radius 1 is 1.20 bits per heavy atom. The van der Waals surface area contributed by atoms with Gasteiger partial charge in [0.05, 0.1) is 30.6 Å². The van der Waals surface area contributed by atoms with Gasteiger partial charge >= 0.3 is 11.9 Å². The number of carbonyl (C=O) groups excluding carboxylic acids is 3. The summed E-state index contributed by atoms with van der Waals surface area (Å²) in [4.78, 5) is 40.2. The molecule has 0 aromatic heterocycles. The second-order valence-electron chi connectivity index (χ2n) is 12.2. The number of likely N-dealkylation sites (N-methyl/N-ethyl adjacent to an activating group) is 1. The molecule has 2 aliphatic carbocycles. The second kappa shape index (κ2) is 11.5. The van der Waals surface area contributed by atoms with E-state index in [-0.39, 0.29) is 37.1 Å². The Morgan fingerprint density at radius 2 is 1.98 bits per heavy atom. The molecule has 6 rings (SSSR count). The normalized spacial score (nSPS) is 27.6. The second-order valence-corrected chi connectivity index (χ2v) is 12.2. The predicted octanol–water partition coefficient (Wildman–Crippen LogP) is 1.52. The molecular weight excluding hydrogens is 566 g/mol. The fourth-order valence-corrected chi connectivity index (χ4v) is 7.47. The maximum Gasteiger partial charge on any atom is 0.352 e. The lowest BCUT2D eigenvalue weighted by atomic mass is 9.50. The molecule has 11 nitrogen and oxygen atoms in total. The number of hydrogen-bond acceptors (Lipinski definition) is 10. The van der Waals surface area contributed by atoms with E-state index in [1.807, 2.05) is 49.5 Å². The molecule has 0 radical (unpaired) electrons. The van der Waals surface area contributed by atoms with E-state index in [1.165, 1.54) is 6.92 Å². The molecular formula is C33H39N3O8. The van der Waals surface area contributed by atoms with E-state index in [4.69, 9.17) is 24.7 Å². The molecule has 1 fully saturated rings. The van der Waals surface area contributed by atoms with Gasteiger partial charge in [-0.25, -0.2) is 4.79 Å². The molecule has 2 bridgehead atoms. The van der Waals surface area contributed by atoms with Crippen LogP contribution in [0.3, 0.4) is 0 Å². The van der Waals surface area contributed by atoms with E-state index in [0.717, 1.165) is 23.2 Å². The summed E-state index contributed by atoms with van der Waals surface area (Å²) in [6.45, 7) is 2.19. The van der Waals surface area contributed by atoms with Crippen LogP contribution in [0.15, 0.2) is 54.3 Å². The Balaban J connectivity index is 1.09. The molecule has 6 atom stereocenters. The molecule has 234 valence electrons. The zero-order chi connectivity index (χ0) is 31.2. The number of nitrogens with two attached hydrogens (primary N) is 1. The van der Waals surface area contributed by atoms with Crippen LogP contribution in [0.2, 0.25) is 0 Å². The number of ether oxygens (including phenoxy) is 4. The van der Waals surface area contributed by atoms with Crippen LogP contribution in [-0.4, -0.2) is 85.0 Å². The Morgan fingerprint density at radius 3 is 2.73 bits per heavy atom. The third kappa shape index (κ3) is 4.83. The van der Waals surface area contributed by atoms with Crippen LogP contribution in [-0.2, 0) is 42.1 Å². The third-order valence-electron chi connectivity index (χ3n) is 9.68. The molecule has 0 saturated carbocycles. The molecule has 44 heavy (non-hydrogen) atoms. The first-order chi connectivity index (χ1) is 21.1. The smallest absolute Gasteiger partial charge is 0.352 e. The molecule has 1 amide bonds.